The maximum atomic E-state index is 13.3. The van der Waals surface area contributed by atoms with E-state index in [1.807, 2.05) is 0 Å². The van der Waals surface area contributed by atoms with Crippen LogP contribution in [-0.4, -0.2) is 27.1 Å². The Morgan fingerprint density at radius 3 is 2.79 bits per heavy atom. The normalized spacial score (nSPS) is 12.9. The molecule has 1 aliphatic rings. The molecule has 0 unspecified atom stereocenters. The van der Waals surface area contributed by atoms with E-state index in [2.05, 4.69) is 17.8 Å². The van der Waals surface area contributed by atoms with Gasteiger partial charge in [-0.3, -0.25) is 29.8 Å². The van der Waals surface area contributed by atoms with Crippen molar-refractivity contribution in [1.82, 2.24) is 20.4 Å². The number of thiophene rings is 1. The third-order valence-corrected chi connectivity index (χ3v) is 6.90. The van der Waals surface area contributed by atoms with Gasteiger partial charge in [0, 0.05) is 18.3 Å². The lowest BCUT2D eigenvalue weighted by atomic mass is 10.2. The molecule has 0 radical (unpaired) electrons. The van der Waals surface area contributed by atoms with Gasteiger partial charge in [-0.05, 0) is 31.2 Å². The summed E-state index contributed by atoms with van der Waals surface area (Å²) in [5.41, 5.74) is 5.82. The summed E-state index contributed by atoms with van der Waals surface area (Å²) in [6.45, 7) is 4.10. The zero-order valence-corrected chi connectivity index (χ0v) is 17.9. The van der Waals surface area contributed by atoms with E-state index in [1.165, 1.54) is 29.1 Å². The summed E-state index contributed by atoms with van der Waals surface area (Å²) < 4.78 is 1.74. The van der Waals surface area contributed by atoms with Gasteiger partial charge in [0.05, 0.1) is 11.1 Å². The predicted octanol–water partition coefficient (Wildman–Crippen LogP) is 2.79. The Balaban J connectivity index is 1.85. The molecule has 0 bridgehead atoms. The quantitative estimate of drug-likeness (QED) is 0.295. The molecule has 0 fully saturated rings. The van der Waals surface area contributed by atoms with Crippen LogP contribution in [-0.2, 0) is 29.0 Å². The molecule has 3 rings (SSSR count). The van der Waals surface area contributed by atoms with E-state index < -0.39 is 0 Å². The second kappa shape index (κ2) is 9.56. The van der Waals surface area contributed by atoms with Crippen molar-refractivity contribution in [3.05, 3.63) is 20.8 Å². The number of hydrogen-bond acceptors (Lipinski definition) is 6. The molecule has 0 aromatic carbocycles. The summed E-state index contributed by atoms with van der Waals surface area (Å²) in [7, 11) is 0. The second-order valence-electron chi connectivity index (χ2n) is 6.97. The van der Waals surface area contributed by atoms with Crippen LogP contribution in [0.3, 0.4) is 0 Å². The lowest BCUT2D eigenvalue weighted by molar-refractivity contribution is -0.126. The van der Waals surface area contributed by atoms with Gasteiger partial charge in [-0.25, -0.2) is 4.98 Å². The molecule has 2 heterocycles. The Bertz CT molecular complexity index is 935. The van der Waals surface area contributed by atoms with Gasteiger partial charge in [0.15, 0.2) is 5.16 Å². The summed E-state index contributed by atoms with van der Waals surface area (Å²) in [5.74, 6) is -0.585. The smallest absolute Gasteiger partial charge is 0.263 e. The first-order chi connectivity index (χ1) is 13.5. The lowest BCUT2D eigenvalue weighted by Gasteiger charge is -2.12. The van der Waals surface area contributed by atoms with Crippen molar-refractivity contribution in [2.75, 3.05) is 5.75 Å². The largest absolute Gasteiger partial charge is 0.287 e. The first-order valence-corrected chi connectivity index (χ1v) is 11.5. The average Bonchev–Trinajstić information content (AvgIpc) is 3.24. The summed E-state index contributed by atoms with van der Waals surface area (Å²) in [6.07, 6.45) is 7.33. The molecule has 7 nitrogen and oxygen atoms in total. The number of aryl methyl sites for hydroxylation is 2. The Hall–Kier alpha value is -1.87. The fraction of sp³-hybridized carbons (Fsp3) is 0.579. The zero-order valence-electron chi connectivity index (χ0n) is 16.3. The number of unbranched alkanes of at least 4 members (excludes halogenated alkanes) is 3. The molecule has 0 saturated heterocycles. The number of nitrogens with one attached hydrogen (secondary N) is 2. The minimum atomic E-state index is -0.334. The van der Waals surface area contributed by atoms with E-state index in [9.17, 15) is 14.4 Å². The molecule has 9 heteroatoms. The third-order valence-electron chi connectivity index (χ3n) is 4.74. The van der Waals surface area contributed by atoms with Crippen molar-refractivity contribution in [3.8, 4) is 0 Å². The number of hydrogen-bond donors (Lipinski definition) is 2. The highest BCUT2D eigenvalue weighted by Crippen LogP contribution is 2.35. The van der Waals surface area contributed by atoms with Gasteiger partial charge < -0.3 is 0 Å². The van der Waals surface area contributed by atoms with Crippen LogP contribution >= 0.6 is 23.1 Å². The molecule has 152 valence electrons. The van der Waals surface area contributed by atoms with Crippen LogP contribution in [0.2, 0.25) is 0 Å². The number of nitrogens with zero attached hydrogens (tertiary/aromatic N) is 2. The Morgan fingerprint density at radius 2 is 2.04 bits per heavy atom. The average molecular weight is 423 g/mol. The summed E-state index contributed by atoms with van der Waals surface area (Å²) in [5, 5.41) is 1.35. The monoisotopic (exact) mass is 422 g/mol. The molecular weight excluding hydrogens is 396 g/mol. The van der Waals surface area contributed by atoms with Gasteiger partial charge in [0.1, 0.15) is 4.83 Å². The SMILES string of the molecule is CCCCCCn1c(SCC(=O)NNC(C)=O)nc2sc3c(c2c1=O)CCC3. The van der Waals surface area contributed by atoms with Crippen molar-refractivity contribution < 1.29 is 9.59 Å². The van der Waals surface area contributed by atoms with Gasteiger partial charge >= 0.3 is 0 Å². The molecule has 0 aliphatic heterocycles. The van der Waals surface area contributed by atoms with E-state index in [0.717, 1.165) is 55.2 Å². The molecule has 2 aromatic heterocycles. The van der Waals surface area contributed by atoms with Crippen molar-refractivity contribution in [2.24, 2.45) is 0 Å². The van der Waals surface area contributed by atoms with Crippen LogP contribution < -0.4 is 16.4 Å². The lowest BCUT2D eigenvalue weighted by Crippen LogP contribution is -2.41. The summed E-state index contributed by atoms with van der Waals surface area (Å²) in [6, 6.07) is 0. The van der Waals surface area contributed by atoms with Crippen molar-refractivity contribution >= 4 is 45.1 Å². The van der Waals surface area contributed by atoms with Gasteiger partial charge in [0.2, 0.25) is 11.8 Å². The number of carbonyl (C=O) groups is 2. The van der Waals surface area contributed by atoms with E-state index >= 15 is 0 Å². The van der Waals surface area contributed by atoms with Gasteiger partial charge in [-0.2, -0.15) is 0 Å². The summed E-state index contributed by atoms with van der Waals surface area (Å²) in [4.78, 5) is 42.9. The van der Waals surface area contributed by atoms with E-state index in [-0.39, 0.29) is 23.1 Å². The van der Waals surface area contributed by atoms with Crippen molar-refractivity contribution in [1.29, 1.82) is 0 Å². The van der Waals surface area contributed by atoms with Crippen LogP contribution in [0.25, 0.3) is 10.2 Å². The second-order valence-corrected chi connectivity index (χ2v) is 8.99. The van der Waals surface area contributed by atoms with Crippen LogP contribution in [0.1, 0.15) is 56.4 Å². The number of carbonyl (C=O) groups excluding carboxylic acids is 2. The molecule has 1 aliphatic carbocycles. The Kier molecular flexibility index (Phi) is 7.12. The number of thioether (sulfide) groups is 1. The van der Waals surface area contributed by atoms with Crippen LogP contribution in [0.5, 0.6) is 0 Å². The molecule has 0 saturated carbocycles. The number of rotatable bonds is 8. The fourth-order valence-electron chi connectivity index (χ4n) is 3.39. The zero-order chi connectivity index (χ0) is 20.1. The number of hydrazine groups is 1. The highest BCUT2D eigenvalue weighted by atomic mass is 32.2. The maximum Gasteiger partial charge on any atom is 0.263 e. The molecule has 2 amide bonds. The first kappa shape index (κ1) is 20.9. The number of fused-ring (bicyclic) bond motifs is 3. The maximum absolute atomic E-state index is 13.3. The first-order valence-electron chi connectivity index (χ1n) is 9.74. The van der Waals surface area contributed by atoms with E-state index in [4.69, 9.17) is 4.98 Å². The van der Waals surface area contributed by atoms with Gasteiger partial charge in [-0.15, -0.1) is 11.3 Å². The molecular formula is C19H26N4O3S2. The Morgan fingerprint density at radius 1 is 1.21 bits per heavy atom. The van der Waals surface area contributed by atoms with Crippen LogP contribution in [0.4, 0.5) is 0 Å². The molecule has 2 N–H and O–H groups in total. The number of aromatic nitrogens is 2. The minimum Gasteiger partial charge on any atom is -0.287 e. The molecule has 2 aromatic rings. The molecule has 0 spiro atoms. The summed E-state index contributed by atoms with van der Waals surface area (Å²) >= 11 is 2.84. The highest BCUT2D eigenvalue weighted by molar-refractivity contribution is 7.99. The van der Waals surface area contributed by atoms with Crippen LogP contribution in [0, 0.1) is 0 Å². The fourth-order valence-corrected chi connectivity index (χ4v) is 5.51. The molecule has 28 heavy (non-hydrogen) atoms. The minimum absolute atomic E-state index is 0.0191. The topological polar surface area (TPSA) is 93.1 Å². The predicted molar refractivity (Wildman–Crippen MR) is 113 cm³/mol. The van der Waals surface area contributed by atoms with Crippen molar-refractivity contribution in [2.45, 2.75) is 70.5 Å². The molecule has 0 atom stereocenters. The van der Waals surface area contributed by atoms with E-state index in [0.29, 0.717) is 11.7 Å². The van der Waals surface area contributed by atoms with Crippen molar-refractivity contribution in [3.63, 3.8) is 0 Å². The van der Waals surface area contributed by atoms with Crippen LogP contribution in [0.15, 0.2) is 9.95 Å². The third kappa shape index (κ3) is 4.75. The standard InChI is InChI=1S/C19H26N4O3S2/c1-3-4-5-6-10-23-18(26)16-13-8-7-9-14(13)28-17(16)20-19(23)27-11-15(25)22-21-12(2)24/h3-11H2,1-2H3,(H,21,24)(H,22,25). The Labute approximate surface area is 172 Å². The van der Waals surface area contributed by atoms with Gasteiger partial charge in [0.25, 0.3) is 5.56 Å². The van der Waals surface area contributed by atoms with Gasteiger partial charge in [-0.1, -0.05) is 37.9 Å². The highest BCUT2D eigenvalue weighted by Gasteiger charge is 2.23. The van der Waals surface area contributed by atoms with E-state index in [1.54, 1.807) is 15.9 Å². The number of amides is 2.